The van der Waals surface area contributed by atoms with Crippen LogP contribution in [0.2, 0.25) is 0 Å². The van der Waals surface area contributed by atoms with Gasteiger partial charge in [0.15, 0.2) is 0 Å². The minimum atomic E-state index is 0.587. The van der Waals surface area contributed by atoms with Crippen LogP contribution >= 0.6 is 15.9 Å². The number of halogens is 1. The molecule has 1 aromatic rings. The summed E-state index contributed by atoms with van der Waals surface area (Å²) in [7, 11) is 0. The Balaban J connectivity index is 2.34. The van der Waals surface area contributed by atoms with Crippen LogP contribution in [0.3, 0.4) is 0 Å². The van der Waals surface area contributed by atoms with Crippen molar-refractivity contribution in [3.05, 3.63) is 22.7 Å². The zero-order valence-electron chi connectivity index (χ0n) is 8.37. The maximum absolute atomic E-state index is 8.34. The molecule has 0 saturated carbocycles. The van der Waals surface area contributed by atoms with Crippen LogP contribution in [0.25, 0.3) is 0 Å². The van der Waals surface area contributed by atoms with Crippen molar-refractivity contribution >= 4 is 21.6 Å². The van der Waals surface area contributed by atoms with Gasteiger partial charge in [0.05, 0.1) is 12.7 Å². The number of rotatable bonds is 5. The number of ether oxygens (including phenoxy) is 1. The van der Waals surface area contributed by atoms with Crippen LogP contribution in [-0.2, 0) is 0 Å². The van der Waals surface area contributed by atoms with Gasteiger partial charge in [-0.25, -0.2) is 0 Å². The van der Waals surface area contributed by atoms with Gasteiger partial charge >= 0.3 is 0 Å². The van der Waals surface area contributed by atoms with Crippen molar-refractivity contribution in [1.29, 1.82) is 5.26 Å². The normalized spacial score (nSPS) is 9.60. The molecule has 0 fully saturated rings. The molecule has 2 N–H and O–H groups in total. The minimum absolute atomic E-state index is 0.587. The second-order valence-electron chi connectivity index (χ2n) is 3.18. The first-order valence-electron chi connectivity index (χ1n) is 4.78. The molecule has 0 atom stereocenters. The molecule has 0 spiro atoms. The van der Waals surface area contributed by atoms with E-state index in [-0.39, 0.29) is 0 Å². The average molecular weight is 269 g/mol. The summed E-state index contributed by atoms with van der Waals surface area (Å²) in [4.78, 5) is 0. The van der Waals surface area contributed by atoms with Crippen molar-refractivity contribution in [2.24, 2.45) is 0 Å². The van der Waals surface area contributed by atoms with Crippen LogP contribution < -0.4 is 10.5 Å². The van der Waals surface area contributed by atoms with Crippen molar-refractivity contribution in [3.63, 3.8) is 0 Å². The summed E-state index contributed by atoms with van der Waals surface area (Å²) in [6.45, 7) is 0.623. The first-order valence-corrected chi connectivity index (χ1v) is 5.57. The number of hydrogen-bond donors (Lipinski definition) is 1. The van der Waals surface area contributed by atoms with Crippen molar-refractivity contribution in [1.82, 2.24) is 0 Å². The van der Waals surface area contributed by atoms with Gasteiger partial charge in [-0.2, -0.15) is 5.26 Å². The predicted molar refractivity (Wildman–Crippen MR) is 63.5 cm³/mol. The highest BCUT2D eigenvalue weighted by atomic mass is 79.9. The molecule has 0 saturated heterocycles. The van der Waals surface area contributed by atoms with Gasteiger partial charge in [0.1, 0.15) is 5.75 Å². The zero-order chi connectivity index (χ0) is 11.1. The molecule has 0 aromatic heterocycles. The van der Waals surface area contributed by atoms with Crippen molar-refractivity contribution in [2.75, 3.05) is 12.3 Å². The molecule has 0 aliphatic rings. The highest BCUT2D eigenvalue weighted by Gasteiger charge is 1.97. The molecule has 0 aliphatic carbocycles. The van der Waals surface area contributed by atoms with Gasteiger partial charge in [-0.15, -0.1) is 0 Å². The molecule has 15 heavy (non-hydrogen) atoms. The van der Waals surface area contributed by atoms with Gasteiger partial charge in [0.2, 0.25) is 0 Å². The molecular formula is C11H13BrN2O. The van der Waals surface area contributed by atoms with Crippen LogP contribution in [0.15, 0.2) is 22.7 Å². The molecule has 0 radical (unpaired) electrons. The highest BCUT2D eigenvalue weighted by molar-refractivity contribution is 9.10. The van der Waals surface area contributed by atoms with E-state index < -0.39 is 0 Å². The van der Waals surface area contributed by atoms with Crippen molar-refractivity contribution < 1.29 is 4.74 Å². The van der Waals surface area contributed by atoms with Crippen LogP contribution in [0.4, 0.5) is 5.69 Å². The van der Waals surface area contributed by atoms with Gasteiger partial charge in [-0.1, -0.05) is 15.9 Å². The van der Waals surface area contributed by atoms with Gasteiger partial charge < -0.3 is 10.5 Å². The largest absolute Gasteiger partial charge is 0.493 e. The molecule has 0 amide bonds. The van der Waals surface area contributed by atoms with E-state index in [9.17, 15) is 0 Å². The number of nitrogen functional groups attached to an aromatic ring is 1. The topological polar surface area (TPSA) is 59.0 Å². The molecule has 1 aromatic carbocycles. The minimum Gasteiger partial charge on any atom is -0.493 e. The lowest BCUT2D eigenvalue weighted by Crippen LogP contribution is -1.97. The van der Waals surface area contributed by atoms with Crippen LogP contribution in [-0.4, -0.2) is 6.61 Å². The Morgan fingerprint density at radius 3 is 2.80 bits per heavy atom. The summed E-state index contributed by atoms with van der Waals surface area (Å²) in [6.07, 6.45) is 2.35. The number of benzene rings is 1. The van der Waals surface area contributed by atoms with Gasteiger partial charge in [0.25, 0.3) is 0 Å². The van der Waals surface area contributed by atoms with Crippen LogP contribution in [0.5, 0.6) is 5.75 Å². The number of nitrogens with zero attached hydrogens (tertiary/aromatic N) is 1. The molecule has 80 valence electrons. The standard InChI is InChI=1S/C11H13BrN2O/c12-9-6-10(14)8-11(7-9)15-5-3-1-2-4-13/h6-8H,1-3,5,14H2. The molecule has 0 aliphatic heterocycles. The Morgan fingerprint density at radius 2 is 2.13 bits per heavy atom. The second-order valence-corrected chi connectivity index (χ2v) is 4.10. The summed E-state index contributed by atoms with van der Waals surface area (Å²) in [5.41, 5.74) is 6.34. The lowest BCUT2D eigenvalue weighted by atomic mass is 10.2. The van der Waals surface area contributed by atoms with E-state index in [1.54, 1.807) is 6.07 Å². The Morgan fingerprint density at radius 1 is 1.33 bits per heavy atom. The zero-order valence-corrected chi connectivity index (χ0v) is 9.96. The molecule has 0 heterocycles. The third-order valence-electron chi connectivity index (χ3n) is 1.85. The molecule has 0 bridgehead atoms. The van der Waals surface area contributed by atoms with E-state index in [0.717, 1.165) is 23.1 Å². The Labute approximate surface area is 98.0 Å². The lowest BCUT2D eigenvalue weighted by Gasteiger charge is -2.06. The quantitative estimate of drug-likeness (QED) is 0.660. The molecule has 1 rings (SSSR count). The fraction of sp³-hybridized carbons (Fsp3) is 0.364. The highest BCUT2D eigenvalue weighted by Crippen LogP contribution is 2.22. The SMILES string of the molecule is N#CCCCCOc1cc(N)cc(Br)c1. The number of hydrogen-bond acceptors (Lipinski definition) is 3. The van der Waals surface area contributed by atoms with E-state index in [1.165, 1.54) is 0 Å². The van der Waals surface area contributed by atoms with Crippen LogP contribution in [0.1, 0.15) is 19.3 Å². The third kappa shape index (κ3) is 4.71. The van der Waals surface area contributed by atoms with E-state index in [0.29, 0.717) is 18.7 Å². The molecular weight excluding hydrogens is 256 g/mol. The average Bonchev–Trinajstić information content (AvgIpc) is 2.16. The lowest BCUT2D eigenvalue weighted by molar-refractivity contribution is 0.307. The van der Waals surface area contributed by atoms with Crippen molar-refractivity contribution in [2.45, 2.75) is 19.3 Å². The number of nitrogens with two attached hydrogens (primary N) is 1. The van der Waals surface area contributed by atoms with Gasteiger partial charge in [0, 0.05) is 22.6 Å². The van der Waals surface area contributed by atoms with E-state index in [1.807, 2.05) is 12.1 Å². The number of unbranched alkanes of at least 4 members (excludes halogenated alkanes) is 2. The monoisotopic (exact) mass is 268 g/mol. The number of anilines is 1. The van der Waals surface area contributed by atoms with E-state index in [2.05, 4.69) is 22.0 Å². The van der Waals surface area contributed by atoms with Gasteiger partial charge in [-0.3, -0.25) is 0 Å². The Kier molecular flexibility index (Phi) is 4.99. The molecule has 0 unspecified atom stereocenters. The first-order chi connectivity index (χ1) is 7.22. The smallest absolute Gasteiger partial charge is 0.122 e. The predicted octanol–water partition coefficient (Wildman–Crippen LogP) is 3.10. The summed E-state index contributed by atoms with van der Waals surface area (Å²) in [5, 5.41) is 8.34. The Bertz CT molecular complexity index is 340. The summed E-state index contributed by atoms with van der Waals surface area (Å²) in [6, 6.07) is 7.59. The second kappa shape index (κ2) is 6.31. The number of nitriles is 1. The van der Waals surface area contributed by atoms with E-state index in [4.69, 9.17) is 15.7 Å². The summed E-state index contributed by atoms with van der Waals surface area (Å²) < 4.78 is 6.41. The van der Waals surface area contributed by atoms with Crippen molar-refractivity contribution in [3.8, 4) is 11.8 Å². The third-order valence-corrected chi connectivity index (χ3v) is 2.30. The maximum Gasteiger partial charge on any atom is 0.122 e. The fourth-order valence-corrected chi connectivity index (χ4v) is 1.65. The summed E-state index contributed by atoms with van der Waals surface area (Å²) in [5.74, 6) is 0.763. The van der Waals surface area contributed by atoms with Crippen LogP contribution in [0, 0.1) is 11.3 Å². The van der Waals surface area contributed by atoms with E-state index >= 15 is 0 Å². The molecule has 3 nitrogen and oxygen atoms in total. The Hall–Kier alpha value is -1.21. The maximum atomic E-state index is 8.34. The first kappa shape index (κ1) is 11.9. The molecule has 4 heteroatoms. The van der Waals surface area contributed by atoms with Gasteiger partial charge in [-0.05, 0) is 25.0 Å². The summed E-state index contributed by atoms with van der Waals surface area (Å²) >= 11 is 3.34. The fourth-order valence-electron chi connectivity index (χ4n) is 1.16.